The Morgan fingerprint density at radius 3 is 2.18 bits per heavy atom. The van der Waals surface area contributed by atoms with Gasteiger partial charge in [0.05, 0.1) is 16.2 Å². The SMILES string of the molecule is O=C(Cc1ccc(S(=O)(=O)N2CCCCC2)cc1)Oc1ccc([N+](=O)[O-])cc1. The van der Waals surface area contributed by atoms with Crippen molar-refractivity contribution in [3.63, 3.8) is 0 Å². The number of carbonyl (C=O) groups excluding carboxylic acids is 1. The number of hydrogen-bond donors (Lipinski definition) is 0. The van der Waals surface area contributed by atoms with Crippen molar-refractivity contribution in [3.8, 4) is 5.75 Å². The Hall–Kier alpha value is -2.78. The number of esters is 1. The number of non-ortho nitro benzene ring substituents is 1. The molecule has 1 aliphatic rings. The van der Waals surface area contributed by atoms with E-state index in [0.29, 0.717) is 18.7 Å². The second-order valence-corrected chi connectivity index (χ2v) is 8.45. The van der Waals surface area contributed by atoms with Gasteiger partial charge in [0, 0.05) is 25.2 Å². The van der Waals surface area contributed by atoms with Crippen molar-refractivity contribution >= 4 is 21.7 Å². The van der Waals surface area contributed by atoms with Gasteiger partial charge in [0.15, 0.2) is 0 Å². The van der Waals surface area contributed by atoms with Gasteiger partial charge in [-0.3, -0.25) is 14.9 Å². The van der Waals surface area contributed by atoms with E-state index in [1.807, 2.05) is 0 Å². The molecule has 0 radical (unpaired) electrons. The number of rotatable bonds is 6. The molecule has 148 valence electrons. The fourth-order valence-corrected chi connectivity index (χ4v) is 4.52. The van der Waals surface area contributed by atoms with Crippen LogP contribution in [-0.4, -0.2) is 36.7 Å². The number of nitro benzene ring substituents is 1. The molecule has 1 saturated heterocycles. The van der Waals surface area contributed by atoms with E-state index in [-0.39, 0.29) is 22.8 Å². The van der Waals surface area contributed by atoms with Gasteiger partial charge in [-0.05, 0) is 42.7 Å². The Morgan fingerprint density at radius 1 is 1.00 bits per heavy atom. The highest BCUT2D eigenvalue weighted by atomic mass is 32.2. The first-order chi connectivity index (χ1) is 13.4. The third-order valence-electron chi connectivity index (χ3n) is 4.50. The molecular weight excluding hydrogens is 384 g/mol. The Kier molecular flexibility index (Phi) is 6.05. The molecule has 9 heteroatoms. The van der Waals surface area contributed by atoms with Crippen LogP contribution in [0.4, 0.5) is 5.69 Å². The van der Waals surface area contributed by atoms with Gasteiger partial charge in [0.25, 0.3) is 5.69 Å². The summed E-state index contributed by atoms with van der Waals surface area (Å²) in [6, 6.07) is 11.4. The van der Waals surface area contributed by atoms with Crippen molar-refractivity contribution < 1.29 is 22.9 Å². The average molecular weight is 404 g/mol. The van der Waals surface area contributed by atoms with Crippen molar-refractivity contribution in [1.29, 1.82) is 0 Å². The van der Waals surface area contributed by atoms with Crippen molar-refractivity contribution in [2.45, 2.75) is 30.6 Å². The maximum absolute atomic E-state index is 12.6. The van der Waals surface area contributed by atoms with E-state index in [1.54, 1.807) is 12.1 Å². The summed E-state index contributed by atoms with van der Waals surface area (Å²) in [5, 5.41) is 10.6. The lowest BCUT2D eigenvalue weighted by Gasteiger charge is -2.25. The predicted octanol–water partition coefficient (Wildman–Crippen LogP) is 2.92. The minimum atomic E-state index is -3.50. The van der Waals surface area contributed by atoms with Crippen LogP contribution in [0.2, 0.25) is 0 Å². The lowest BCUT2D eigenvalue weighted by atomic mass is 10.1. The average Bonchev–Trinajstić information content (AvgIpc) is 2.69. The van der Waals surface area contributed by atoms with Gasteiger partial charge in [0.2, 0.25) is 10.0 Å². The van der Waals surface area contributed by atoms with Gasteiger partial charge in [-0.1, -0.05) is 18.6 Å². The third kappa shape index (κ3) is 4.73. The maximum Gasteiger partial charge on any atom is 0.315 e. The predicted molar refractivity (Wildman–Crippen MR) is 101 cm³/mol. The molecule has 0 aromatic heterocycles. The number of sulfonamides is 1. The largest absolute Gasteiger partial charge is 0.426 e. The summed E-state index contributed by atoms with van der Waals surface area (Å²) in [5.41, 5.74) is 0.523. The van der Waals surface area contributed by atoms with Crippen molar-refractivity contribution in [2.24, 2.45) is 0 Å². The molecule has 1 heterocycles. The molecule has 0 spiro atoms. The van der Waals surface area contributed by atoms with Crippen molar-refractivity contribution in [2.75, 3.05) is 13.1 Å². The normalized spacial score (nSPS) is 15.1. The molecule has 2 aromatic rings. The zero-order valence-corrected chi connectivity index (χ0v) is 15.9. The fourth-order valence-electron chi connectivity index (χ4n) is 3.00. The van der Waals surface area contributed by atoms with Gasteiger partial charge < -0.3 is 4.74 Å². The number of carbonyl (C=O) groups is 1. The van der Waals surface area contributed by atoms with Crippen LogP contribution < -0.4 is 4.74 Å². The van der Waals surface area contributed by atoms with Gasteiger partial charge in [-0.25, -0.2) is 8.42 Å². The summed E-state index contributed by atoms with van der Waals surface area (Å²) in [5.74, 6) is -0.333. The molecule has 1 fully saturated rings. The van der Waals surface area contributed by atoms with E-state index >= 15 is 0 Å². The molecule has 0 unspecified atom stereocenters. The molecule has 0 atom stereocenters. The van der Waals surface area contributed by atoms with Crippen molar-refractivity contribution in [3.05, 3.63) is 64.2 Å². The standard InChI is InChI=1S/C19H20N2O6S/c22-19(27-17-8-6-16(7-9-17)21(23)24)14-15-4-10-18(11-5-15)28(25,26)20-12-2-1-3-13-20/h4-11H,1-3,12-14H2. The van der Waals surface area contributed by atoms with E-state index in [1.165, 1.54) is 40.7 Å². The monoisotopic (exact) mass is 404 g/mol. The van der Waals surface area contributed by atoms with Crippen LogP contribution >= 0.6 is 0 Å². The Bertz CT molecular complexity index is 949. The van der Waals surface area contributed by atoms with Gasteiger partial charge >= 0.3 is 5.97 Å². The second-order valence-electron chi connectivity index (χ2n) is 6.51. The molecule has 28 heavy (non-hydrogen) atoms. The minimum Gasteiger partial charge on any atom is -0.426 e. The number of nitro groups is 1. The van der Waals surface area contributed by atoms with Crippen LogP contribution in [0.1, 0.15) is 24.8 Å². The van der Waals surface area contributed by atoms with E-state index < -0.39 is 20.9 Å². The molecule has 1 aliphatic heterocycles. The first-order valence-electron chi connectivity index (χ1n) is 8.90. The number of ether oxygens (including phenoxy) is 1. The smallest absolute Gasteiger partial charge is 0.315 e. The molecule has 0 N–H and O–H groups in total. The fraction of sp³-hybridized carbons (Fsp3) is 0.316. The molecule has 0 aliphatic carbocycles. The van der Waals surface area contributed by atoms with Crippen LogP contribution in [0, 0.1) is 10.1 Å². The number of hydrogen-bond acceptors (Lipinski definition) is 6. The number of benzene rings is 2. The molecule has 3 rings (SSSR count). The van der Waals surface area contributed by atoms with E-state index in [0.717, 1.165) is 19.3 Å². The second kappa shape index (κ2) is 8.49. The topological polar surface area (TPSA) is 107 Å². The zero-order valence-electron chi connectivity index (χ0n) is 15.1. The molecule has 8 nitrogen and oxygen atoms in total. The Labute approximate surface area is 162 Å². The highest BCUT2D eigenvalue weighted by Crippen LogP contribution is 2.21. The zero-order chi connectivity index (χ0) is 20.1. The summed E-state index contributed by atoms with van der Waals surface area (Å²) >= 11 is 0. The van der Waals surface area contributed by atoms with Crippen molar-refractivity contribution in [1.82, 2.24) is 4.31 Å². The van der Waals surface area contributed by atoms with Crippen LogP contribution in [0.15, 0.2) is 53.4 Å². The molecule has 0 bridgehead atoms. The van der Waals surface area contributed by atoms with Crippen LogP contribution in [-0.2, 0) is 21.2 Å². The Balaban J connectivity index is 1.62. The van der Waals surface area contributed by atoms with E-state index in [2.05, 4.69) is 0 Å². The number of nitrogens with zero attached hydrogens (tertiary/aromatic N) is 2. The van der Waals surface area contributed by atoms with Gasteiger partial charge in [-0.2, -0.15) is 4.31 Å². The molecule has 0 saturated carbocycles. The molecular formula is C19H20N2O6S. The molecule has 2 aromatic carbocycles. The van der Waals surface area contributed by atoms with Crippen LogP contribution in [0.25, 0.3) is 0 Å². The summed E-state index contributed by atoms with van der Waals surface area (Å²) < 4.78 is 31.9. The summed E-state index contributed by atoms with van der Waals surface area (Å²) in [6.45, 7) is 1.07. The first kappa shape index (κ1) is 20.0. The highest BCUT2D eigenvalue weighted by molar-refractivity contribution is 7.89. The molecule has 0 amide bonds. The minimum absolute atomic E-state index is 0.0406. The van der Waals surface area contributed by atoms with Crippen LogP contribution in [0.5, 0.6) is 5.75 Å². The summed E-state index contributed by atoms with van der Waals surface area (Å²) in [4.78, 5) is 22.3. The number of piperidine rings is 1. The lowest BCUT2D eigenvalue weighted by Crippen LogP contribution is -2.35. The van der Waals surface area contributed by atoms with E-state index in [9.17, 15) is 23.3 Å². The summed E-state index contributed by atoms with van der Waals surface area (Å²) in [7, 11) is -3.50. The third-order valence-corrected chi connectivity index (χ3v) is 6.42. The quantitative estimate of drug-likeness (QED) is 0.317. The highest BCUT2D eigenvalue weighted by Gasteiger charge is 2.25. The van der Waals surface area contributed by atoms with Gasteiger partial charge in [-0.15, -0.1) is 0 Å². The van der Waals surface area contributed by atoms with Gasteiger partial charge in [0.1, 0.15) is 5.75 Å². The Morgan fingerprint density at radius 2 is 1.61 bits per heavy atom. The lowest BCUT2D eigenvalue weighted by molar-refractivity contribution is -0.384. The van der Waals surface area contributed by atoms with E-state index in [4.69, 9.17) is 4.74 Å². The summed E-state index contributed by atoms with van der Waals surface area (Å²) in [6.07, 6.45) is 2.74. The van der Waals surface area contributed by atoms with Crippen LogP contribution in [0.3, 0.4) is 0 Å². The first-order valence-corrected chi connectivity index (χ1v) is 10.3. The maximum atomic E-state index is 12.6.